The Morgan fingerprint density at radius 1 is 1.15 bits per heavy atom. The van der Waals surface area contributed by atoms with Crippen LogP contribution in [-0.2, 0) is 0 Å². The normalized spacial score (nSPS) is 18.2. The van der Waals surface area contributed by atoms with Gasteiger partial charge < -0.3 is 25.0 Å². The van der Waals surface area contributed by atoms with Crippen molar-refractivity contribution in [1.82, 2.24) is 19.9 Å². The van der Waals surface area contributed by atoms with Crippen LogP contribution in [0, 0.1) is 0 Å². The number of anilines is 1. The van der Waals surface area contributed by atoms with Crippen molar-refractivity contribution < 1.29 is 15.0 Å². The number of H-pyrrole nitrogens is 1. The summed E-state index contributed by atoms with van der Waals surface area (Å²) in [5, 5.41) is 20.8. The van der Waals surface area contributed by atoms with Crippen LogP contribution in [0.4, 0.5) is 5.82 Å². The maximum absolute atomic E-state index is 13.0. The summed E-state index contributed by atoms with van der Waals surface area (Å²) in [5.74, 6) is 0.000542. The van der Waals surface area contributed by atoms with Crippen LogP contribution in [0.25, 0.3) is 11.0 Å². The molecule has 5 rings (SSSR count). The van der Waals surface area contributed by atoms with E-state index < -0.39 is 0 Å². The van der Waals surface area contributed by atoms with Gasteiger partial charge in [0.15, 0.2) is 11.5 Å². The molecule has 8 nitrogen and oxygen atoms in total. The smallest absolute Gasteiger partial charge is 0.258 e. The second kappa shape index (κ2) is 5.60. The number of piperazine rings is 1. The highest BCUT2D eigenvalue weighted by Crippen LogP contribution is 2.46. The number of benzene rings is 1. The number of phenols is 2. The predicted octanol–water partition coefficient (Wildman–Crippen LogP) is 1.86. The van der Waals surface area contributed by atoms with E-state index >= 15 is 0 Å². The molecule has 1 saturated heterocycles. The standard InChI is InChI=1S/C19H19N5O3/c25-14-3-1-2-12(15(14)26)18(27)24-9-8-23(10-19(24)5-6-19)17-13-4-7-20-16(13)21-11-22-17/h1-4,7,11,25-26H,5-6,8-10H2,(H,20,21,22). The van der Waals surface area contributed by atoms with Gasteiger partial charge in [0, 0.05) is 25.8 Å². The van der Waals surface area contributed by atoms with Gasteiger partial charge in [-0.2, -0.15) is 0 Å². The summed E-state index contributed by atoms with van der Waals surface area (Å²) in [4.78, 5) is 28.9. The number of nitrogens with zero attached hydrogens (tertiary/aromatic N) is 4. The Bertz CT molecular complexity index is 1040. The minimum atomic E-state index is -0.356. The summed E-state index contributed by atoms with van der Waals surface area (Å²) >= 11 is 0. The van der Waals surface area contributed by atoms with Crippen molar-refractivity contribution in [2.45, 2.75) is 18.4 Å². The number of aromatic amines is 1. The van der Waals surface area contributed by atoms with Gasteiger partial charge in [-0.1, -0.05) is 6.07 Å². The van der Waals surface area contributed by atoms with Crippen LogP contribution in [0.2, 0.25) is 0 Å². The third-order valence-electron chi connectivity index (χ3n) is 5.60. The Labute approximate surface area is 155 Å². The van der Waals surface area contributed by atoms with Gasteiger partial charge in [-0.05, 0) is 31.0 Å². The summed E-state index contributed by atoms with van der Waals surface area (Å²) in [6.45, 7) is 1.86. The number of aromatic hydroxyl groups is 2. The van der Waals surface area contributed by atoms with E-state index in [-0.39, 0.29) is 28.5 Å². The van der Waals surface area contributed by atoms with Crippen LogP contribution in [0.1, 0.15) is 23.2 Å². The minimum absolute atomic E-state index is 0.143. The van der Waals surface area contributed by atoms with Gasteiger partial charge in [-0.25, -0.2) is 9.97 Å². The molecule has 2 aromatic heterocycles. The number of aromatic nitrogens is 3. The summed E-state index contributed by atoms with van der Waals surface area (Å²) < 4.78 is 0. The van der Waals surface area contributed by atoms with E-state index in [1.54, 1.807) is 18.5 Å². The predicted molar refractivity (Wildman–Crippen MR) is 98.9 cm³/mol. The molecule has 0 unspecified atom stereocenters. The maximum Gasteiger partial charge on any atom is 0.258 e. The molecule has 1 saturated carbocycles. The van der Waals surface area contributed by atoms with Crippen LogP contribution in [-0.4, -0.2) is 61.1 Å². The molecule has 1 aromatic carbocycles. The minimum Gasteiger partial charge on any atom is -0.504 e. The first kappa shape index (κ1) is 15.9. The van der Waals surface area contributed by atoms with Gasteiger partial charge in [-0.15, -0.1) is 0 Å². The van der Waals surface area contributed by atoms with Crippen molar-refractivity contribution in [3.8, 4) is 11.5 Å². The zero-order valence-corrected chi connectivity index (χ0v) is 14.6. The van der Waals surface area contributed by atoms with Gasteiger partial charge in [-0.3, -0.25) is 4.79 Å². The van der Waals surface area contributed by atoms with Crippen molar-refractivity contribution in [1.29, 1.82) is 0 Å². The number of fused-ring (bicyclic) bond motifs is 1. The average Bonchev–Trinajstić information content (AvgIpc) is 3.26. The molecule has 0 atom stereocenters. The van der Waals surface area contributed by atoms with E-state index in [2.05, 4.69) is 19.9 Å². The number of amides is 1. The summed E-state index contributed by atoms with van der Waals surface area (Å²) in [5.41, 5.74) is 0.693. The molecule has 1 aliphatic heterocycles. The number of hydrogen-bond acceptors (Lipinski definition) is 6. The van der Waals surface area contributed by atoms with Crippen LogP contribution in [0.5, 0.6) is 11.5 Å². The molecular weight excluding hydrogens is 346 g/mol. The molecule has 3 heterocycles. The van der Waals surface area contributed by atoms with Crippen molar-refractivity contribution in [3.63, 3.8) is 0 Å². The van der Waals surface area contributed by atoms with E-state index in [0.29, 0.717) is 19.6 Å². The highest BCUT2D eigenvalue weighted by Gasteiger charge is 2.53. The molecule has 3 N–H and O–H groups in total. The molecule has 27 heavy (non-hydrogen) atoms. The fourth-order valence-corrected chi connectivity index (χ4v) is 4.01. The topological polar surface area (TPSA) is 106 Å². The zero-order chi connectivity index (χ0) is 18.6. The third-order valence-corrected chi connectivity index (χ3v) is 5.60. The summed E-state index contributed by atoms with van der Waals surface area (Å²) in [6.07, 6.45) is 5.22. The lowest BCUT2D eigenvalue weighted by atomic mass is 10.1. The fourth-order valence-electron chi connectivity index (χ4n) is 4.01. The molecule has 138 valence electrons. The molecule has 1 aliphatic carbocycles. The van der Waals surface area contributed by atoms with E-state index in [1.807, 2.05) is 17.2 Å². The van der Waals surface area contributed by atoms with Crippen LogP contribution in [0.15, 0.2) is 36.8 Å². The first-order valence-electron chi connectivity index (χ1n) is 8.95. The fraction of sp³-hybridized carbons (Fsp3) is 0.316. The number of nitrogens with one attached hydrogen (secondary N) is 1. The number of carbonyl (C=O) groups is 1. The highest BCUT2D eigenvalue weighted by molar-refractivity contribution is 5.98. The summed E-state index contributed by atoms with van der Waals surface area (Å²) in [6, 6.07) is 6.45. The molecule has 0 radical (unpaired) electrons. The van der Waals surface area contributed by atoms with Crippen molar-refractivity contribution in [2.24, 2.45) is 0 Å². The number of para-hydroxylation sites is 1. The number of hydrogen-bond donors (Lipinski definition) is 3. The Morgan fingerprint density at radius 2 is 2.00 bits per heavy atom. The van der Waals surface area contributed by atoms with Crippen LogP contribution in [0.3, 0.4) is 0 Å². The number of phenolic OH excluding ortho intramolecular Hbond substituents is 2. The van der Waals surface area contributed by atoms with Crippen molar-refractivity contribution in [3.05, 3.63) is 42.4 Å². The Hall–Kier alpha value is -3.29. The molecule has 2 fully saturated rings. The lowest BCUT2D eigenvalue weighted by Gasteiger charge is -2.43. The quantitative estimate of drug-likeness (QED) is 0.599. The Morgan fingerprint density at radius 3 is 2.81 bits per heavy atom. The molecule has 3 aromatic rings. The first-order chi connectivity index (χ1) is 13.1. The number of rotatable bonds is 2. The van der Waals surface area contributed by atoms with E-state index in [9.17, 15) is 15.0 Å². The van der Waals surface area contributed by atoms with E-state index in [0.717, 1.165) is 29.7 Å². The van der Waals surface area contributed by atoms with Crippen LogP contribution >= 0.6 is 0 Å². The lowest BCUT2D eigenvalue weighted by Crippen LogP contribution is -2.57. The van der Waals surface area contributed by atoms with Gasteiger partial charge in [0.05, 0.1) is 16.5 Å². The van der Waals surface area contributed by atoms with Crippen molar-refractivity contribution >= 4 is 22.8 Å². The van der Waals surface area contributed by atoms with Crippen LogP contribution < -0.4 is 4.90 Å². The second-order valence-electron chi connectivity index (χ2n) is 7.21. The Kier molecular flexibility index (Phi) is 3.30. The largest absolute Gasteiger partial charge is 0.504 e. The zero-order valence-electron chi connectivity index (χ0n) is 14.6. The second-order valence-corrected chi connectivity index (χ2v) is 7.21. The van der Waals surface area contributed by atoms with Gasteiger partial charge in [0.1, 0.15) is 17.8 Å². The molecule has 0 bridgehead atoms. The average molecular weight is 365 g/mol. The molecule has 8 heteroatoms. The molecular formula is C19H19N5O3. The van der Waals surface area contributed by atoms with Gasteiger partial charge in [0.2, 0.25) is 0 Å². The SMILES string of the molecule is O=C(c1cccc(O)c1O)N1CCN(c2ncnc3[nH]ccc23)CC12CC2. The van der Waals surface area contributed by atoms with Crippen molar-refractivity contribution in [2.75, 3.05) is 24.5 Å². The molecule has 1 amide bonds. The number of carbonyl (C=O) groups excluding carboxylic acids is 1. The monoisotopic (exact) mass is 365 g/mol. The van der Waals surface area contributed by atoms with Gasteiger partial charge >= 0.3 is 0 Å². The highest BCUT2D eigenvalue weighted by atomic mass is 16.3. The van der Waals surface area contributed by atoms with E-state index in [4.69, 9.17) is 0 Å². The third kappa shape index (κ3) is 2.40. The lowest BCUT2D eigenvalue weighted by molar-refractivity contribution is 0.0620. The van der Waals surface area contributed by atoms with E-state index in [1.165, 1.54) is 6.07 Å². The maximum atomic E-state index is 13.0. The first-order valence-corrected chi connectivity index (χ1v) is 8.95. The molecule has 1 spiro atoms. The Balaban J connectivity index is 1.44. The molecule has 2 aliphatic rings. The van der Waals surface area contributed by atoms with Gasteiger partial charge in [0.25, 0.3) is 5.91 Å². The summed E-state index contributed by atoms with van der Waals surface area (Å²) in [7, 11) is 0.